The highest BCUT2D eigenvalue weighted by Crippen LogP contribution is 2.36. The van der Waals surface area contributed by atoms with Gasteiger partial charge in [-0.2, -0.15) is 0 Å². The van der Waals surface area contributed by atoms with E-state index in [-0.39, 0.29) is 18.3 Å². The Labute approximate surface area is 149 Å². The standard InChI is InChI=1S/C21H22BNO2/c1-20(2)21(3,4)25-22(24-20)18-11-10-16-13-19(23-14-17(16)12-18)15-8-6-5-7-9-15/h5-14H,1-4H3. The number of hydrogen-bond acceptors (Lipinski definition) is 3. The van der Waals surface area contributed by atoms with Gasteiger partial charge in [0.05, 0.1) is 16.9 Å². The molecule has 1 saturated heterocycles. The molecule has 0 unspecified atom stereocenters. The van der Waals surface area contributed by atoms with E-state index in [0.29, 0.717) is 0 Å². The van der Waals surface area contributed by atoms with E-state index in [2.05, 4.69) is 69.1 Å². The number of pyridine rings is 1. The van der Waals surface area contributed by atoms with Crippen LogP contribution < -0.4 is 5.46 Å². The molecule has 126 valence electrons. The van der Waals surface area contributed by atoms with Crippen LogP contribution in [0.3, 0.4) is 0 Å². The van der Waals surface area contributed by atoms with E-state index in [4.69, 9.17) is 9.31 Å². The first kappa shape index (κ1) is 16.3. The molecule has 1 aromatic heterocycles. The van der Waals surface area contributed by atoms with Crippen molar-refractivity contribution in [3.05, 3.63) is 60.8 Å². The molecule has 1 aliphatic rings. The monoisotopic (exact) mass is 331 g/mol. The van der Waals surface area contributed by atoms with Gasteiger partial charge in [0.1, 0.15) is 0 Å². The Morgan fingerprint density at radius 2 is 1.48 bits per heavy atom. The summed E-state index contributed by atoms with van der Waals surface area (Å²) < 4.78 is 12.3. The van der Waals surface area contributed by atoms with Crippen molar-refractivity contribution in [3.63, 3.8) is 0 Å². The number of hydrogen-bond donors (Lipinski definition) is 0. The zero-order chi connectivity index (χ0) is 17.7. The molecule has 0 radical (unpaired) electrons. The lowest BCUT2D eigenvalue weighted by atomic mass is 9.78. The molecule has 0 amide bonds. The zero-order valence-electron chi connectivity index (χ0n) is 15.1. The van der Waals surface area contributed by atoms with Gasteiger partial charge in [0.15, 0.2) is 0 Å². The summed E-state index contributed by atoms with van der Waals surface area (Å²) in [6.45, 7) is 8.28. The Bertz CT molecular complexity index is 906. The van der Waals surface area contributed by atoms with Crippen molar-refractivity contribution >= 4 is 23.4 Å². The lowest BCUT2D eigenvalue weighted by Gasteiger charge is -2.32. The van der Waals surface area contributed by atoms with Gasteiger partial charge >= 0.3 is 7.12 Å². The van der Waals surface area contributed by atoms with Crippen molar-refractivity contribution in [2.45, 2.75) is 38.9 Å². The van der Waals surface area contributed by atoms with Crippen molar-refractivity contribution in [3.8, 4) is 11.3 Å². The minimum absolute atomic E-state index is 0.331. The van der Waals surface area contributed by atoms with Crippen molar-refractivity contribution in [2.75, 3.05) is 0 Å². The first-order valence-electron chi connectivity index (χ1n) is 8.66. The van der Waals surface area contributed by atoms with E-state index in [1.165, 1.54) is 0 Å². The van der Waals surface area contributed by atoms with Crippen LogP contribution in [0.5, 0.6) is 0 Å². The molecule has 1 fully saturated rings. The van der Waals surface area contributed by atoms with Crippen molar-refractivity contribution in [1.29, 1.82) is 0 Å². The zero-order valence-corrected chi connectivity index (χ0v) is 15.1. The Kier molecular flexibility index (Phi) is 3.71. The molecule has 0 N–H and O–H groups in total. The predicted octanol–water partition coefficient (Wildman–Crippen LogP) is 4.20. The molecule has 4 heteroatoms. The van der Waals surface area contributed by atoms with Gasteiger partial charge in [-0.25, -0.2) is 0 Å². The Morgan fingerprint density at radius 3 is 2.16 bits per heavy atom. The second-order valence-corrected chi connectivity index (χ2v) is 7.63. The quantitative estimate of drug-likeness (QED) is 0.660. The summed E-state index contributed by atoms with van der Waals surface area (Å²) in [5, 5.41) is 2.25. The Morgan fingerprint density at radius 1 is 0.800 bits per heavy atom. The van der Waals surface area contributed by atoms with Gasteiger partial charge in [-0.1, -0.05) is 48.5 Å². The maximum Gasteiger partial charge on any atom is 0.494 e. The average molecular weight is 331 g/mol. The second kappa shape index (κ2) is 5.68. The van der Waals surface area contributed by atoms with Gasteiger partial charge in [-0.15, -0.1) is 0 Å². The summed E-state index contributed by atoms with van der Waals surface area (Å²) in [7, 11) is -0.344. The fourth-order valence-corrected chi connectivity index (χ4v) is 3.05. The molecule has 2 aromatic carbocycles. The van der Waals surface area contributed by atoms with Gasteiger partial charge in [0.25, 0.3) is 0 Å². The maximum atomic E-state index is 6.15. The maximum absolute atomic E-state index is 6.15. The van der Waals surface area contributed by atoms with Crippen LogP contribution in [0.2, 0.25) is 0 Å². The summed E-state index contributed by atoms with van der Waals surface area (Å²) in [4.78, 5) is 4.62. The van der Waals surface area contributed by atoms with Gasteiger partial charge in [0, 0.05) is 11.8 Å². The van der Waals surface area contributed by atoms with Crippen molar-refractivity contribution in [2.24, 2.45) is 0 Å². The fourth-order valence-electron chi connectivity index (χ4n) is 3.05. The molecular formula is C21H22BNO2. The van der Waals surface area contributed by atoms with E-state index in [9.17, 15) is 0 Å². The smallest absolute Gasteiger partial charge is 0.399 e. The molecule has 0 aliphatic carbocycles. The predicted molar refractivity (Wildman–Crippen MR) is 103 cm³/mol. The molecule has 0 spiro atoms. The fraction of sp³-hybridized carbons (Fsp3) is 0.286. The number of nitrogens with zero attached hydrogens (tertiary/aromatic N) is 1. The van der Waals surface area contributed by atoms with Crippen molar-refractivity contribution in [1.82, 2.24) is 4.98 Å². The van der Waals surface area contributed by atoms with Crippen molar-refractivity contribution < 1.29 is 9.31 Å². The van der Waals surface area contributed by atoms with Crippen LogP contribution in [0.25, 0.3) is 22.0 Å². The Hall–Kier alpha value is -2.17. The van der Waals surface area contributed by atoms with Crippen LogP contribution in [0.4, 0.5) is 0 Å². The number of aromatic nitrogens is 1. The third-order valence-corrected chi connectivity index (χ3v) is 5.34. The largest absolute Gasteiger partial charge is 0.494 e. The second-order valence-electron chi connectivity index (χ2n) is 7.63. The average Bonchev–Trinajstić information content (AvgIpc) is 2.82. The summed E-state index contributed by atoms with van der Waals surface area (Å²) in [6.07, 6.45) is 1.92. The molecule has 1 aliphatic heterocycles. The van der Waals surface area contributed by atoms with Gasteiger partial charge in [-0.3, -0.25) is 4.98 Å². The number of fused-ring (bicyclic) bond motifs is 1. The highest BCUT2D eigenvalue weighted by molar-refractivity contribution is 6.62. The number of rotatable bonds is 2. The van der Waals surface area contributed by atoms with E-state index in [1.807, 2.05) is 24.4 Å². The molecule has 25 heavy (non-hydrogen) atoms. The minimum Gasteiger partial charge on any atom is -0.399 e. The summed E-state index contributed by atoms with van der Waals surface area (Å²) in [5.41, 5.74) is 2.47. The van der Waals surface area contributed by atoms with E-state index >= 15 is 0 Å². The lowest BCUT2D eigenvalue weighted by Crippen LogP contribution is -2.41. The molecule has 0 atom stereocenters. The topological polar surface area (TPSA) is 31.4 Å². The van der Waals surface area contributed by atoms with E-state index in [0.717, 1.165) is 27.5 Å². The first-order valence-corrected chi connectivity index (χ1v) is 8.66. The third kappa shape index (κ3) is 2.86. The minimum atomic E-state index is -0.344. The highest BCUT2D eigenvalue weighted by atomic mass is 16.7. The molecule has 3 nitrogen and oxygen atoms in total. The first-order chi connectivity index (χ1) is 11.9. The summed E-state index contributed by atoms with van der Waals surface area (Å²) in [6, 6.07) is 18.7. The Balaban J connectivity index is 1.68. The van der Waals surface area contributed by atoms with E-state index < -0.39 is 0 Å². The van der Waals surface area contributed by atoms with Crippen LogP contribution in [0.1, 0.15) is 27.7 Å². The van der Waals surface area contributed by atoms with Gasteiger partial charge in [0.2, 0.25) is 0 Å². The van der Waals surface area contributed by atoms with Crippen LogP contribution in [0, 0.1) is 0 Å². The molecule has 0 saturated carbocycles. The SMILES string of the molecule is CC1(C)OB(c2ccc3cc(-c4ccccc4)ncc3c2)OC1(C)C. The van der Waals surface area contributed by atoms with E-state index in [1.54, 1.807) is 0 Å². The van der Waals surface area contributed by atoms with Crippen LogP contribution >= 0.6 is 0 Å². The lowest BCUT2D eigenvalue weighted by molar-refractivity contribution is 0.00578. The third-order valence-electron chi connectivity index (χ3n) is 5.34. The summed E-state index contributed by atoms with van der Waals surface area (Å²) >= 11 is 0. The van der Waals surface area contributed by atoms with Gasteiger partial charge in [-0.05, 0) is 50.0 Å². The highest BCUT2D eigenvalue weighted by Gasteiger charge is 2.51. The molecule has 2 heterocycles. The number of benzene rings is 2. The molecule has 4 rings (SSSR count). The van der Waals surface area contributed by atoms with Crippen LogP contribution in [0.15, 0.2) is 60.8 Å². The van der Waals surface area contributed by atoms with Gasteiger partial charge < -0.3 is 9.31 Å². The molecule has 3 aromatic rings. The molecular weight excluding hydrogens is 309 g/mol. The molecule has 0 bridgehead atoms. The van der Waals surface area contributed by atoms with Crippen LogP contribution in [-0.2, 0) is 9.31 Å². The summed E-state index contributed by atoms with van der Waals surface area (Å²) in [5.74, 6) is 0. The van der Waals surface area contributed by atoms with Crippen LogP contribution in [-0.4, -0.2) is 23.3 Å². The normalized spacial score (nSPS) is 18.6.